The molecule has 0 spiro atoms. The van der Waals surface area contributed by atoms with Crippen molar-refractivity contribution in [2.75, 3.05) is 132 Å². The number of pyridine rings is 6. The molecule has 0 saturated carbocycles. The summed E-state index contributed by atoms with van der Waals surface area (Å²) in [7, 11) is 10.3. The predicted molar refractivity (Wildman–Crippen MR) is 437 cm³/mol. The van der Waals surface area contributed by atoms with E-state index in [1.165, 1.54) is 59.6 Å². The maximum atomic E-state index is 12.3. The van der Waals surface area contributed by atoms with Gasteiger partial charge in [-0.05, 0) is 245 Å². The highest BCUT2D eigenvalue weighted by molar-refractivity contribution is 5.78. The minimum atomic E-state index is -0.725. The summed E-state index contributed by atoms with van der Waals surface area (Å²) in [5.74, 6) is 5.79. The number of hydrogen-bond donors (Lipinski definition) is 4. The maximum absolute atomic E-state index is 12.3. The van der Waals surface area contributed by atoms with Crippen LogP contribution in [0.5, 0.6) is 0 Å². The molecule has 6 aromatic heterocycles. The molecule has 0 bridgehead atoms. The summed E-state index contributed by atoms with van der Waals surface area (Å²) in [6.45, 7) is 41.8. The zero-order chi connectivity index (χ0) is 77.1. The SMILES string of the molecule is CC(C)c1ccc([C@@H]2CCN(CCN(C)C)C(=O)C2)cn1.CC(C)c1ccc([C@H]2CCN(CCN(C)C)C(=O)C2)cn1.CC(C)c1cccc(C2(C)CCNCC2)n1.CC(C)c1cccc(C2(O)CCN(C)CC2)n1.CC(C)c1cccc(C2CCNCC2)n1.CC(C)c1cccc(N2CCC(O)CC2)n1. The first-order chi connectivity index (χ1) is 50.5. The molecule has 4 N–H and O–H groups in total. The summed E-state index contributed by atoms with van der Waals surface area (Å²) >= 11 is 0. The van der Waals surface area contributed by atoms with Gasteiger partial charge in [0.2, 0.25) is 11.8 Å². The zero-order valence-electron chi connectivity index (χ0n) is 68.6. The molecule has 12 heterocycles. The number of likely N-dealkylation sites (N-methyl/N-ethyl adjacent to an activating group) is 2. The fourth-order valence-electron chi connectivity index (χ4n) is 14.2. The highest BCUT2D eigenvalue weighted by atomic mass is 16.3. The molecule has 6 fully saturated rings. The average Bonchev–Trinajstić information content (AvgIpc) is 0.826. The fourth-order valence-corrected chi connectivity index (χ4v) is 14.2. The summed E-state index contributed by atoms with van der Waals surface area (Å²) in [4.78, 5) is 65.2. The van der Waals surface area contributed by atoms with Crippen LogP contribution in [0, 0.1) is 0 Å². The first kappa shape index (κ1) is 86.6. The van der Waals surface area contributed by atoms with Crippen LogP contribution in [0.2, 0.25) is 0 Å². The average molecular weight is 1460 g/mol. The molecule has 6 aromatic rings. The van der Waals surface area contributed by atoms with Crippen molar-refractivity contribution in [2.45, 2.75) is 237 Å². The number of amides is 2. The monoisotopic (exact) mass is 1460 g/mol. The van der Waals surface area contributed by atoms with Gasteiger partial charge in [0.15, 0.2) is 0 Å². The van der Waals surface area contributed by atoms with E-state index in [0.29, 0.717) is 66.1 Å². The third kappa shape index (κ3) is 27.5. The molecule has 0 aromatic carbocycles. The van der Waals surface area contributed by atoms with Crippen molar-refractivity contribution in [3.05, 3.63) is 172 Å². The van der Waals surface area contributed by atoms with Gasteiger partial charge < -0.3 is 50.2 Å². The predicted octanol–water partition coefficient (Wildman–Crippen LogP) is 14.7. The van der Waals surface area contributed by atoms with Crippen LogP contribution in [-0.2, 0) is 20.6 Å². The number of hydrogen-bond acceptors (Lipinski definition) is 16. The molecular formula is C88H138N14O4. The molecule has 18 nitrogen and oxygen atoms in total. The van der Waals surface area contributed by atoms with Crippen molar-refractivity contribution in [3.8, 4) is 0 Å². The van der Waals surface area contributed by atoms with E-state index in [0.717, 1.165) is 164 Å². The van der Waals surface area contributed by atoms with E-state index in [1.54, 1.807) is 0 Å². The first-order valence-electron chi connectivity index (χ1n) is 40.4. The van der Waals surface area contributed by atoms with Crippen molar-refractivity contribution in [1.82, 2.24) is 65.0 Å². The van der Waals surface area contributed by atoms with Crippen LogP contribution in [0.3, 0.4) is 0 Å². The Balaban J connectivity index is 0.000000178. The van der Waals surface area contributed by atoms with Gasteiger partial charge >= 0.3 is 0 Å². The van der Waals surface area contributed by atoms with Crippen molar-refractivity contribution in [2.24, 2.45) is 0 Å². The largest absolute Gasteiger partial charge is 0.393 e. The lowest BCUT2D eigenvalue weighted by molar-refractivity contribution is -0.134. The smallest absolute Gasteiger partial charge is 0.223 e. The van der Waals surface area contributed by atoms with E-state index in [2.05, 4.69) is 226 Å². The Labute approximate surface area is 640 Å². The second-order valence-corrected chi connectivity index (χ2v) is 33.4. The number of aliphatic hydroxyl groups excluding tert-OH is 1. The quantitative estimate of drug-likeness (QED) is 0.0634. The molecule has 6 aliphatic heterocycles. The number of anilines is 1. The highest BCUT2D eigenvalue weighted by Gasteiger charge is 2.35. The zero-order valence-corrected chi connectivity index (χ0v) is 68.6. The van der Waals surface area contributed by atoms with Crippen molar-refractivity contribution < 1.29 is 19.8 Å². The number of carbonyl (C=O) groups excluding carboxylic acids is 2. The van der Waals surface area contributed by atoms with Crippen LogP contribution in [0.4, 0.5) is 5.82 Å². The Morgan fingerprint density at radius 1 is 0.462 bits per heavy atom. The normalized spacial score (nSPS) is 19.5. The standard InChI is InChI=1S/2C17H27N3O.C14H22N2O.C14H22N2.C13H20N2O.C13H20N2/c2*1-13(2)16-6-5-15(12-18-16)14-7-8-20(17(21)11-14)10-9-19(3)4;1-11(2)12-5-4-6-13(15-12)14(17)7-9-16(3)10-8-14;1-11(2)12-5-4-6-13(16-12)14(3)7-9-15-10-8-14;1-10(2)12-4-3-5-13(14-12)15-8-6-11(16)7-9-15;1-10(2)12-4-3-5-13(15-12)11-6-8-14-9-7-11/h2*5-6,12-14H,7-11H2,1-4H3;4-6,11,17H,7-10H2,1-3H3;4-6,11,15H,7-10H2,1-3H3;3-5,10-11,16H,6-9H2,1-2H3;3-5,10-11,14H,6-9H2,1-2H3/t2*14-;;;;/m10..../s1. The number of nitrogens with zero attached hydrogens (tertiary/aromatic N) is 12. The van der Waals surface area contributed by atoms with Crippen molar-refractivity contribution >= 4 is 17.6 Å². The Kier molecular flexibility index (Phi) is 35.1. The van der Waals surface area contributed by atoms with Gasteiger partial charge in [0, 0.05) is 148 Å². The maximum Gasteiger partial charge on any atom is 0.223 e. The molecular weight excluding hydrogens is 1320 g/mol. The van der Waals surface area contributed by atoms with Gasteiger partial charge in [-0.1, -0.05) is 126 Å². The molecule has 0 radical (unpaired) electrons. The van der Waals surface area contributed by atoms with Gasteiger partial charge in [0.05, 0.1) is 11.8 Å². The Bertz CT molecular complexity index is 3420. The van der Waals surface area contributed by atoms with Gasteiger partial charge in [0.1, 0.15) is 11.4 Å². The summed E-state index contributed by atoms with van der Waals surface area (Å²) in [5, 5.41) is 27.0. The van der Waals surface area contributed by atoms with Gasteiger partial charge in [-0.25, -0.2) is 4.98 Å². The van der Waals surface area contributed by atoms with Gasteiger partial charge in [-0.2, -0.15) is 0 Å². The molecule has 2 amide bonds. The minimum absolute atomic E-state index is 0.121. The molecule has 2 atom stereocenters. The van der Waals surface area contributed by atoms with Crippen LogP contribution >= 0.6 is 0 Å². The van der Waals surface area contributed by atoms with Gasteiger partial charge in [-0.3, -0.25) is 34.5 Å². The Hall–Kier alpha value is -6.64. The molecule has 6 saturated heterocycles. The number of piperidine rings is 6. The molecule has 584 valence electrons. The molecule has 0 unspecified atom stereocenters. The fraction of sp³-hybridized carbons (Fsp3) is 0.636. The molecule has 18 heteroatoms. The van der Waals surface area contributed by atoms with Crippen molar-refractivity contribution in [1.29, 1.82) is 0 Å². The highest BCUT2D eigenvalue weighted by Crippen LogP contribution is 2.35. The Morgan fingerprint density at radius 2 is 0.877 bits per heavy atom. The van der Waals surface area contributed by atoms with E-state index < -0.39 is 5.60 Å². The first-order valence-corrected chi connectivity index (χ1v) is 40.4. The lowest BCUT2D eigenvalue weighted by Gasteiger charge is -2.36. The van der Waals surface area contributed by atoms with Crippen LogP contribution in [0.15, 0.2) is 109 Å². The number of carbonyl (C=O) groups is 2. The lowest BCUT2D eigenvalue weighted by atomic mass is 9.77. The summed E-state index contributed by atoms with van der Waals surface area (Å²) < 4.78 is 0. The summed E-state index contributed by atoms with van der Waals surface area (Å²) in [5.41, 5.74) is 12.3. The number of aromatic nitrogens is 6. The van der Waals surface area contributed by atoms with Crippen LogP contribution < -0.4 is 15.5 Å². The Morgan fingerprint density at radius 3 is 1.31 bits per heavy atom. The third-order valence-electron chi connectivity index (χ3n) is 22.0. The summed E-state index contributed by atoms with van der Waals surface area (Å²) in [6, 6.07) is 33.7. The molecule has 106 heavy (non-hydrogen) atoms. The van der Waals surface area contributed by atoms with E-state index in [4.69, 9.17) is 9.97 Å². The third-order valence-corrected chi connectivity index (χ3v) is 22.0. The van der Waals surface area contributed by atoms with Crippen molar-refractivity contribution in [3.63, 3.8) is 0 Å². The second-order valence-electron chi connectivity index (χ2n) is 33.4. The van der Waals surface area contributed by atoms with E-state index >= 15 is 0 Å². The van der Waals surface area contributed by atoms with E-state index in [-0.39, 0.29) is 23.3 Å². The van der Waals surface area contributed by atoms with Crippen LogP contribution in [0.1, 0.15) is 283 Å². The molecule has 6 aliphatic rings. The molecule has 0 aliphatic carbocycles. The van der Waals surface area contributed by atoms with Gasteiger partial charge in [0.25, 0.3) is 0 Å². The number of aliphatic hydroxyl groups is 2. The van der Waals surface area contributed by atoms with Gasteiger partial charge in [-0.15, -0.1) is 0 Å². The topological polar surface area (TPSA) is 195 Å². The van der Waals surface area contributed by atoms with E-state index in [9.17, 15) is 19.8 Å². The number of nitrogens with one attached hydrogen (secondary N) is 2. The summed E-state index contributed by atoms with van der Waals surface area (Å²) in [6.07, 6.45) is 15.2. The van der Waals surface area contributed by atoms with E-state index in [1.807, 2.05) is 68.6 Å². The second kappa shape index (κ2) is 42.9. The number of rotatable bonds is 18. The number of likely N-dealkylation sites (tertiary alicyclic amines) is 3. The van der Waals surface area contributed by atoms with Crippen LogP contribution in [0.25, 0.3) is 0 Å². The molecule has 12 rings (SSSR count). The van der Waals surface area contributed by atoms with Crippen LogP contribution in [-0.4, -0.2) is 209 Å². The minimum Gasteiger partial charge on any atom is -0.393 e. The lowest BCUT2D eigenvalue weighted by Crippen LogP contribution is -2.41.